The van der Waals surface area contributed by atoms with Gasteiger partial charge in [0.15, 0.2) is 6.29 Å². The molecular weight excluding hydrogens is 308 g/mol. The Morgan fingerprint density at radius 1 is 1.21 bits per heavy atom. The molecule has 0 saturated carbocycles. The minimum absolute atomic E-state index is 0.171. The van der Waals surface area contributed by atoms with Gasteiger partial charge in [-0.3, -0.25) is 9.59 Å². The standard InChI is InChI=1S/C18H28N2O4/c1-6-20(10-8-9-18(22)24-7-2)16-12-17(23-5)14(13-21)11-15(16)19(3)4/h11-13H,6-10H2,1-5H3. The lowest BCUT2D eigenvalue weighted by Crippen LogP contribution is -2.27. The number of hydrogen-bond donors (Lipinski definition) is 0. The number of methoxy groups -OCH3 is 1. The van der Waals surface area contributed by atoms with E-state index in [1.807, 2.05) is 31.1 Å². The van der Waals surface area contributed by atoms with E-state index in [9.17, 15) is 9.59 Å². The van der Waals surface area contributed by atoms with Gasteiger partial charge in [0.2, 0.25) is 0 Å². The molecule has 0 saturated heterocycles. The molecule has 0 amide bonds. The van der Waals surface area contributed by atoms with E-state index in [0.717, 1.165) is 30.8 Å². The molecule has 0 atom stereocenters. The van der Waals surface area contributed by atoms with E-state index in [2.05, 4.69) is 11.8 Å². The minimum atomic E-state index is -0.171. The van der Waals surface area contributed by atoms with Gasteiger partial charge in [0.1, 0.15) is 5.75 Å². The summed E-state index contributed by atoms with van der Waals surface area (Å²) in [6.07, 6.45) is 1.90. The Morgan fingerprint density at radius 2 is 1.92 bits per heavy atom. The average Bonchev–Trinajstić information content (AvgIpc) is 2.57. The molecule has 6 heteroatoms. The Hall–Kier alpha value is -2.24. The Labute approximate surface area is 144 Å². The maximum Gasteiger partial charge on any atom is 0.305 e. The van der Waals surface area contributed by atoms with Gasteiger partial charge in [-0.1, -0.05) is 0 Å². The number of aldehydes is 1. The number of anilines is 2. The van der Waals surface area contributed by atoms with Crippen molar-refractivity contribution in [3.63, 3.8) is 0 Å². The van der Waals surface area contributed by atoms with Crippen molar-refractivity contribution >= 4 is 23.6 Å². The molecule has 0 bridgehead atoms. The monoisotopic (exact) mass is 336 g/mol. The van der Waals surface area contributed by atoms with Gasteiger partial charge in [0.25, 0.3) is 0 Å². The van der Waals surface area contributed by atoms with E-state index >= 15 is 0 Å². The summed E-state index contributed by atoms with van der Waals surface area (Å²) in [5.74, 6) is 0.379. The maximum atomic E-state index is 11.5. The zero-order chi connectivity index (χ0) is 18.1. The number of carbonyl (C=O) groups is 2. The van der Waals surface area contributed by atoms with Gasteiger partial charge < -0.3 is 19.3 Å². The van der Waals surface area contributed by atoms with Gasteiger partial charge in [-0.15, -0.1) is 0 Å². The van der Waals surface area contributed by atoms with Crippen LogP contribution in [0.25, 0.3) is 0 Å². The summed E-state index contributed by atoms with van der Waals surface area (Å²) in [6.45, 7) is 5.78. The van der Waals surface area contributed by atoms with E-state index < -0.39 is 0 Å². The third-order valence-corrected chi connectivity index (χ3v) is 3.77. The van der Waals surface area contributed by atoms with Crippen molar-refractivity contribution in [1.29, 1.82) is 0 Å². The van der Waals surface area contributed by atoms with Crippen LogP contribution < -0.4 is 14.5 Å². The number of ether oxygens (including phenoxy) is 2. The van der Waals surface area contributed by atoms with Crippen molar-refractivity contribution in [2.24, 2.45) is 0 Å². The zero-order valence-electron chi connectivity index (χ0n) is 15.3. The van der Waals surface area contributed by atoms with Crippen LogP contribution in [0, 0.1) is 0 Å². The number of hydrogen-bond acceptors (Lipinski definition) is 6. The second kappa shape index (κ2) is 9.80. The van der Waals surface area contributed by atoms with Crippen LogP contribution >= 0.6 is 0 Å². The summed E-state index contributed by atoms with van der Waals surface area (Å²) in [5, 5.41) is 0. The highest BCUT2D eigenvalue weighted by molar-refractivity contribution is 5.86. The molecule has 134 valence electrons. The van der Waals surface area contributed by atoms with Gasteiger partial charge in [-0.05, 0) is 26.3 Å². The van der Waals surface area contributed by atoms with E-state index in [1.165, 1.54) is 0 Å². The molecule has 1 rings (SSSR count). The molecule has 24 heavy (non-hydrogen) atoms. The fourth-order valence-corrected chi connectivity index (χ4v) is 2.55. The molecule has 6 nitrogen and oxygen atoms in total. The molecule has 0 heterocycles. The summed E-state index contributed by atoms with van der Waals surface area (Å²) in [6, 6.07) is 3.71. The van der Waals surface area contributed by atoms with Crippen LogP contribution in [0.4, 0.5) is 11.4 Å². The predicted octanol–water partition coefficient (Wildman–Crippen LogP) is 2.74. The summed E-state index contributed by atoms with van der Waals surface area (Å²) in [5.41, 5.74) is 2.44. The van der Waals surface area contributed by atoms with E-state index in [4.69, 9.17) is 9.47 Å². The van der Waals surface area contributed by atoms with Crippen molar-refractivity contribution in [3.8, 4) is 5.75 Å². The highest BCUT2D eigenvalue weighted by Crippen LogP contribution is 2.35. The molecule has 0 aliphatic rings. The SMILES string of the molecule is CCOC(=O)CCCN(CC)c1cc(OC)c(C=O)cc1N(C)C. The van der Waals surface area contributed by atoms with Crippen LogP contribution in [-0.2, 0) is 9.53 Å². The third-order valence-electron chi connectivity index (χ3n) is 3.77. The van der Waals surface area contributed by atoms with E-state index in [1.54, 1.807) is 14.0 Å². The molecular formula is C18H28N2O4. The van der Waals surface area contributed by atoms with E-state index in [0.29, 0.717) is 30.8 Å². The molecule has 0 radical (unpaired) electrons. The Balaban J connectivity index is 3.01. The number of benzene rings is 1. The first-order chi connectivity index (χ1) is 11.5. The van der Waals surface area contributed by atoms with Crippen molar-refractivity contribution < 1.29 is 19.1 Å². The first-order valence-corrected chi connectivity index (χ1v) is 8.23. The lowest BCUT2D eigenvalue weighted by Gasteiger charge is -2.29. The Kier molecular flexibility index (Phi) is 8.09. The normalized spacial score (nSPS) is 10.2. The van der Waals surface area contributed by atoms with Crippen LogP contribution in [0.5, 0.6) is 5.75 Å². The molecule has 0 spiro atoms. The second-order valence-corrected chi connectivity index (χ2v) is 5.58. The zero-order valence-corrected chi connectivity index (χ0v) is 15.3. The van der Waals surface area contributed by atoms with Crippen molar-refractivity contribution in [3.05, 3.63) is 17.7 Å². The summed E-state index contributed by atoms with van der Waals surface area (Å²) in [7, 11) is 5.43. The smallest absolute Gasteiger partial charge is 0.305 e. The number of nitrogens with zero attached hydrogens (tertiary/aromatic N) is 2. The van der Waals surface area contributed by atoms with Gasteiger partial charge in [0, 0.05) is 39.7 Å². The molecule has 0 N–H and O–H groups in total. The van der Waals surface area contributed by atoms with Crippen LogP contribution in [0.15, 0.2) is 12.1 Å². The van der Waals surface area contributed by atoms with Gasteiger partial charge in [-0.25, -0.2) is 0 Å². The van der Waals surface area contributed by atoms with Crippen molar-refractivity contribution in [2.75, 3.05) is 50.7 Å². The fourth-order valence-electron chi connectivity index (χ4n) is 2.55. The van der Waals surface area contributed by atoms with Gasteiger partial charge in [0.05, 0.1) is 30.7 Å². The average molecular weight is 336 g/mol. The number of esters is 1. The topological polar surface area (TPSA) is 59.1 Å². The summed E-state index contributed by atoms with van der Waals surface area (Å²) >= 11 is 0. The number of rotatable bonds is 10. The maximum absolute atomic E-state index is 11.5. The third kappa shape index (κ3) is 5.15. The van der Waals surface area contributed by atoms with Crippen LogP contribution in [-0.4, -0.2) is 53.2 Å². The van der Waals surface area contributed by atoms with Crippen LogP contribution in [0.1, 0.15) is 37.0 Å². The molecule has 0 unspecified atom stereocenters. The highest BCUT2D eigenvalue weighted by atomic mass is 16.5. The first-order valence-electron chi connectivity index (χ1n) is 8.23. The molecule has 1 aromatic rings. The molecule has 0 aromatic heterocycles. The van der Waals surface area contributed by atoms with Crippen LogP contribution in [0.2, 0.25) is 0 Å². The summed E-state index contributed by atoms with van der Waals surface area (Å²) in [4.78, 5) is 26.9. The summed E-state index contributed by atoms with van der Waals surface area (Å²) < 4.78 is 10.3. The highest BCUT2D eigenvalue weighted by Gasteiger charge is 2.16. The lowest BCUT2D eigenvalue weighted by atomic mass is 10.1. The van der Waals surface area contributed by atoms with Crippen molar-refractivity contribution in [2.45, 2.75) is 26.7 Å². The quantitative estimate of drug-likeness (QED) is 0.484. The first kappa shape index (κ1) is 19.8. The second-order valence-electron chi connectivity index (χ2n) is 5.58. The van der Waals surface area contributed by atoms with Gasteiger partial charge in [-0.2, -0.15) is 0 Å². The minimum Gasteiger partial charge on any atom is -0.496 e. The van der Waals surface area contributed by atoms with Gasteiger partial charge >= 0.3 is 5.97 Å². The Morgan fingerprint density at radius 3 is 2.42 bits per heavy atom. The molecule has 0 fully saturated rings. The van der Waals surface area contributed by atoms with Crippen LogP contribution in [0.3, 0.4) is 0 Å². The number of carbonyl (C=O) groups excluding carboxylic acids is 2. The fraction of sp³-hybridized carbons (Fsp3) is 0.556. The predicted molar refractivity (Wildman–Crippen MR) is 96.5 cm³/mol. The molecule has 1 aromatic carbocycles. The Bertz CT molecular complexity index is 558. The molecule has 0 aliphatic carbocycles. The largest absolute Gasteiger partial charge is 0.496 e. The van der Waals surface area contributed by atoms with Crippen molar-refractivity contribution in [1.82, 2.24) is 0 Å². The molecule has 0 aliphatic heterocycles. The lowest BCUT2D eigenvalue weighted by molar-refractivity contribution is -0.143. The van der Waals surface area contributed by atoms with E-state index in [-0.39, 0.29) is 5.97 Å².